The van der Waals surface area contributed by atoms with E-state index in [1.165, 1.54) is 70.6 Å². The molecule has 1 unspecified atom stereocenters. The summed E-state index contributed by atoms with van der Waals surface area (Å²) in [5.41, 5.74) is 0. The number of unbranched alkanes of at least 4 members (excludes halogenated alkanes) is 11. The number of hydrogen-bond acceptors (Lipinski definition) is 3. The molecule has 0 saturated heterocycles. The third-order valence-electron chi connectivity index (χ3n) is 4.48. The van der Waals surface area contributed by atoms with Crippen LogP contribution in [0.3, 0.4) is 0 Å². The molecule has 4 heteroatoms. The largest absolute Gasteiger partial charge is 0.478 e. The predicted molar refractivity (Wildman–Crippen MR) is 103 cm³/mol. The van der Waals surface area contributed by atoms with E-state index in [-0.39, 0.29) is 6.10 Å². The van der Waals surface area contributed by atoms with E-state index in [9.17, 15) is 9.59 Å². The fraction of sp³-hybridized carbons (Fsp3) is 0.810. The van der Waals surface area contributed by atoms with Crippen molar-refractivity contribution in [1.82, 2.24) is 0 Å². The van der Waals surface area contributed by atoms with Crippen molar-refractivity contribution >= 4 is 11.9 Å². The molecule has 0 aliphatic rings. The molecule has 0 aromatic rings. The summed E-state index contributed by atoms with van der Waals surface area (Å²) in [5, 5.41) is 8.49. The van der Waals surface area contributed by atoms with E-state index in [0.29, 0.717) is 0 Å². The van der Waals surface area contributed by atoms with Gasteiger partial charge in [-0.05, 0) is 19.3 Å². The molecule has 0 aromatic heterocycles. The Labute approximate surface area is 154 Å². The van der Waals surface area contributed by atoms with Crippen LogP contribution in [0.25, 0.3) is 0 Å². The molecule has 0 saturated carbocycles. The molecule has 4 nitrogen and oxygen atoms in total. The molecular weight excluding hydrogens is 316 g/mol. The Balaban J connectivity index is 3.50. The van der Waals surface area contributed by atoms with Crippen LogP contribution in [0.15, 0.2) is 12.2 Å². The van der Waals surface area contributed by atoms with Gasteiger partial charge in [0.1, 0.15) is 6.10 Å². The van der Waals surface area contributed by atoms with Gasteiger partial charge < -0.3 is 9.84 Å². The van der Waals surface area contributed by atoms with Crippen molar-refractivity contribution in [2.24, 2.45) is 0 Å². The fourth-order valence-electron chi connectivity index (χ4n) is 2.90. The quantitative estimate of drug-likeness (QED) is 0.196. The van der Waals surface area contributed by atoms with E-state index < -0.39 is 11.9 Å². The number of carboxylic acids is 1. The van der Waals surface area contributed by atoms with Gasteiger partial charge in [-0.25, -0.2) is 9.59 Å². The molecule has 0 spiro atoms. The predicted octanol–water partition coefficient (Wildman–Crippen LogP) is 6.04. The van der Waals surface area contributed by atoms with Gasteiger partial charge in [0, 0.05) is 12.2 Å². The first-order valence-electron chi connectivity index (χ1n) is 10.2. The Hall–Kier alpha value is -1.32. The van der Waals surface area contributed by atoms with Crippen LogP contribution in [0.1, 0.15) is 104 Å². The molecule has 0 rings (SSSR count). The highest BCUT2D eigenvalue weighted by Crippen LogP contribution is 2.14. The molecule has 0 fully saturated rings. The topological polar surface area (TPSA) is 63.6 Å². The zero-order valence-corrected chi connectivity index (χ0v) is 16.3. The number of hydrogen-bond donors (Lipinski definition) is 1. The van der Waals surface area contributed by atoms with Gasteiger partial charge in [-0.1, -0.05) is 84.5 Å². The van der Waals surface area contributed by atoms with Crippen molar-refractivity contribution in [1.29, 1.82) is 0 Å². The van der Waals surface area contributed by atoms with Crippen LogP contribution < -0.4 is 0 Å². The van der Waals surface area contributed by atoms with Gasteiger partial charge in [-0.2, -0.15) is 0 Å². The normalized spacial score (nSPS) is 12.4. The molecule has 0 radical (unpaired) electrons. The van der Waals surface area contributed by atoms with Crippen molar-refractivity contribution in [3.63, 3.8) is 0 Å². The summed E-state index contributed by atoms with van der Waals surface area (Å²) in [7, 11) is 0. The second kappa shape index (κ2) is 17.5. The third-order valence-corrected chi connectivity index (χ3v) is 4.48. The van der Waals surface area contributed by atoms with Crippen LogP contribution in [0.4, 0.5) is 0 Å². The number of rotatable bonds is 17. The van der Waals surface area contributed by atoms with E-state index >= 15 is 0 Å². The average molecular weight is 355 g/mol. The number of carbonyl (C=O) groups excluding carboxylic acids is 1. The maximum Gasteiger partial charge on any atom is 0.331 e. The van der Waals surface area contributed by atoms with Gasteiger partial charge in [-0.15, -0.1) is 0 Å². The van der Waals surface area contributed by atoms with Gasteiger partial charge in [0.15, 0.2) is 0 Å². The molecule has 1 N–H and O–H groups in total. The highest BCUT2D eigenvalue weighted by atomic mass is 16.5. The standard InChI is InChI=1S/C21H38O4/c1-3-5-6-7-8-9-10-11-12-13-14-15-16-19(4-2)25-21(24)18-17-20(22)23/h17-19H,3-16H2,1-2H3,(H,22,23)/b18-17+. The number of esters is 1. The summed E-state index contributed by atoms with van der Waals surface area (Å²) in [4.78, 5) is 21.8. The summed E-state index contributed by atoms with van der Waals surface area (Å²) in [6.07, 6.45) is 19.1. The molecule has 0 aliphatic carbocycles. The Kier molecular flexibility index (Phi) is 16.6. The second-order valence-electron chi connectivity index (χ2n) is 6.82. The molecular formula is C21H38O4. The lowest BCUT2D eigenvalue weighted by Crippen LogP contribution is -2.16. The smallest absolute Gasteiger partial charge is 0.331 e. The Morgan fingerprint density at radius 3 is 1.72 bits per heavy atom. The average Bonchev–Trinajstić information content (AvgIpc) is 2.59. The molecule has 0 bridgehead atoms. The Morgan fingerprint density at radius 2 is 1.28 bits per heavy atom. The van der Waals surface area contributed by atoms with Crippen LogP contribution in [-0.4, -0.2) is 23.1 Å². The summed E-state index contributed by atoms with van der Waals surface area (Å²) in [5.74, 6) is -1.70. The molecule has 1 atom stereocenters. The van der Waals surface area contributed by atoms with E-state index in [1.807, 2.05) is 6.92 Å². The first-order chi connectivity index (χ1) is 12.1. The van der Waals surface area contributed by atoms with Gasteiger partial charge in [0.05, 0.1) is 0 Å². The second-order valence-corrected chi connectivity index (χ2v) is 6.82. The zero-order valence-electron chi connectivity index (χ0n) is 16.3. The van der Waals surface area contributed by atoms with Crippen LogP contribution >= 0.6 is 0 Å². The van der Waals surface area contributed by atoms with E-state index in [4.69, 9.17) is 9.84 Å². The van der Waals surface area contributed by atoms with Crippen molar-refractivity contribution in [2.75, 3.05) is 0 Å². The molecule has 0 heterocycles. The van der Waals surface area contributed by atoms with Crippen LogP contribution in [0, 0.1) is 0 Å². The molecule has 146 valence electrons. The van der Waals surface area contributed by atoms with Crippen molar-refractivity contribution in [2.45, 2.75) is 110 Å². The van der Waals surface area contributed by atoms with Gasteiger partial charge in [0.25, 0.3) is 0 Å². The van der Waals surface area contributed by atoms with Crippen LogP contribution in [0.2, 0.25) is 0 Å². The first-order valence-corrected chi connectivity index (χ1v) is 10.2. The summed E-state index contributed by atoms with van der Waals surface area (Å²) < 4.78 is 5.26. The number of aliphatic carboxylic acids is 1. The minimum atomic E-state index is -1.13. The molecule has 25 heavy (non-hydrogen) atoms. The van der Waals surface area contributed by atoms with Crippen molar-refractivity contribution < 1.29 is 19.4 Å². The maximum atomic E-state index is 11.5. The summed E-state index contributed by atoms with van der Waals surface area (Å²) in [6.45, 7) is 4.24. The first kappa shape index (κ1) is 23.7. The van der Waals surface area contributed by atoms with Gasteiger partial charge in [-0.3, -0.25) is 0 Å². The molecule has 0 aliphatic heterocycles. The maximum absolute atomic E-state index is 11.5. The van der Waals surface area contributed by atoms with Crippen molar-refractivity contribution in [3.05, 3.63) is 12.2 Å². The summed E-state index contributed by atoms with van der Waals surface area (Å²) >= 11 is 0. The fourth-order valence-corrected chi connectivity index (χ4v) is 2.90. The Morgan fingerprint density at radius 1 is 0.800 bits per heavy atom. The lowest BCUT2D eigenvalue weighted by atomic mass is 10.0. The zero-order chi connectivity index (χ0) is 18.8. The van der Waals surface area contributed by atoms with Gasteiger partial charge >= 0.3 is 11.9 Å². The monoisotopic (exact) mass is 354 g/mol. The third kappa shape index (κ3) is 17.3. The van der Waals surface area contributed by atoms with E-state index in [2.05, 4.69) is 6.92 Å². The molecule has 0 aromatic carbocycles. The van der Waals surface area contributed by atoms with Crippen molar-refractivity contribution in [3.8, 4) is 0 Å². The number of carboxylic acid groups (broad SMARTS) is 1. The number of carbonyl (C=O) groups is 2. The summed E-state index contributed by atoms with van der Waals surface area (Å²) in [6, 6.07) is 0. The van der Waals surface area contributed by atoms with Crippen LogP contribution in [-0.2, 0) is 14.3 Å². The highest BCUT2D eigenvalue weighted by Gasteiger charge is 2.10. The van der Waals surface area contributed by atoms with E-state index in [1.54, 1.807) is 0 Å². The Bertz CT molecular complexity index is 363. The minimum absolute atomic E-state index is 0.103. The lowest BCUT2D eigenvalue weighted by Gasteiger charge is -2.14. The van der Waals surface area contributed by atoms with E-state index in [0.717, 1.165) is 31.4 Å². The highest BCUT2D eigenvalue weighted by molar-refractivity contribution is 5.90. The molecule has 0 amide bonds. The lowest BCUT2D eigenvalue weighted by molar-refractivity contribution is -0.144. The minimum Gasteiger partial charge on any atom is -0.478 e. The van der Waals surface area contributed by atoms with Crippen LogP contribution in [0.5, 0.6) is 0 Å². The van der Waals surface area contributed by atoms with Gasteiger partial charge in [0.2, 0.25) is 0 Å². The SMILES string of the molecule is CCCCCCCCCCCCCCC(CC)OC(=O)/C=C/C(=O)O. The number of ether oxygens (including phenoxy) is 1.